The number of likely N-dealkylation sites (N-methyl/N-ethyl adjacent to an activating group) is 1. The van der Waals surface area contributed by atoms with Gasteiger partial charge in [0.2, 0.25) is 5.91 Å². The van der Waals surface area contributed by atoms with Crippen LogP contribution >= 0.6 is 0 Å². The Morgan fingerprint density at radius 2 is 1.94 bits per heavy atom. The summed E-state index contributed by atoms with van der Waals surface area (Å²) >= 11 is 0. The molecule has 1 unspecified atom stereocenters. The lowest BCUT2D eigenvalue weighted by atomic mass is 10.0. The normalized spacial score (nSPS) is 19.7. The molecule has 3 heterocycles. The number of fused-ring (bicyclic) bond motifs is 3. The van der Waals surface area contributed by atoms with Gasteiger partial charge in [-0.15, -0.1) is 0 Å². The number of rotatable bonds is 4. The minimum atomic E-state index is -4.78. The molecular formula is C23H23F4N5O. The molecule has 10 heteroatoms. The molecule has 1 fully saturated rings. The molecular weight excluding hydrogens is 438 g/mol. The third-order valence-electron chi connectivity index (χ3n) is 6.53. The smallest absolute Gasteiger partial charge is 0.363 e. The maximum Gasteiger partial charge on any atom is 0.419 e. The number of hydrogen-bond donors (Lipinski definition) is 1. The molecule has 1 aliphatic carbocycles. The predicted octanol–water partition coefficient (Wildman–Crippen LogP) is 4.99. The van der Waals surface area contributed by atoms with Gasteiger partial charge >= 0.3 is 6.18 Å². The Morgan fingerprint density at radius 1 is 1.21 bits per heavy atom. The Balaban J connectivity index is 1.57. The Morgan fingerprint density at radius 3 is 2.61 bits per heavy atom. The molecule has 6 nitrogen and oxygen atoms in total. The maximum absolute atomic E-state index is 14.7. The van der Waals surface area contributed by atoms with Crippen molar-refractivity contribution in [1.29, 1.82) is 0 Å². The van der Waals surface area contributed by atoms with Crippen molar-refractivity contribution in [3.63, 3.8) is 0 Å². The molecule has 1 aliphatic heterocycles. The van der Waals surface area contributed by atoms with Gasteiger partial charge in [0.05, 0.1) is 23.0 Å². The van der Waals surface area contributed by atoms with E-state index in [0.717, 1.165) is 24.6 Å². The number of aromatic nitrogens is 3. The van der Waals surface area contributed by atoms with Gasteiger partial charge in [-0.2, -0.15) is 13.2 Å². The summed E-state index contributed by atoms with van der Waals surface area (Å²) in [5.41, 5.74) is 0.147. The maximum atomic E-state index is 14.7. The highest BCUT2D eigenvalue weighted by atomic mass is 19.4. The zero-order chi connectivity index (χ0) is 23.7. The van der Waals surface area contributed by atoms with E-state index in [9.17, 15) is 22.4 Å². The average molecular weight is 461 g/mol. The van der Waals surface area contributed by atoms with Crippen molar-refractivity contribution in [2.45, 2.75) is 51.5 Å². The van der Waals surface area contributed by atoms with E-state index in [1.165, 1.54) is 12.1 Å². The van der Waals surface area contributed by atoms with E-state index in [1.54, 1.807) is 25.8 Å². The summed E-state index contributed by atoms with van der Waals surface area (Å²) < 4.78 is 56.1. The van der Waals surface area contributed by atoms with Gasteiger partial charge in [-0.1, -0.05) is 12.1 Å². The first-order valence-corrected chi connectivity index (χ1v) is 10.8. The third-order valence-corrected chi connectivity index (χ3v) is 6.53. The standard InChI is InChI=1S/C23H23F4N5O/c1-11(14-5-4-6-16(19(14)24)23(25,26)27)28-21-15-9-17-20(13-7-8-13)31(3)18(33)10-32(17)22(15)30-12(2)29-21/h4-6,9,11,13,20H,7-8,10H2,1-3H3,(H,28,29,30)/t11-,20?/m1/s1. The lowest BCUT2D eigenvalue weighted by molar-refractivity contribution is -0.140. The molecule has 1 N–H and O–H groups in total. The molecule has 5 rings (SSSR count). The zero-order valence-corrected chi connectivity index (χ0v) is 18.4. The first kappa shape index (κ1) is 21.7. The van der Waals surface area contributed by atoms with E-state index >= 15 is 0 Å². The summed E-state index contributed by atoms with van der Waals surface area (Å²) in [5, 5.41) is 3.74. The number of benzene rings is 1. The fraction of sp³-hybridized carbons (Fsp3) is 0.435. The summed E-state index contributed by atoms with van der Waals surface area (Å²) in [4.78, 5) is 23.4. The Labute approximate surface area is 187 Å². The van der Waals surface area contributed by atoms with Crippen LogP contribution in [0.5, 0.6) is 0 Å². The highest BCUT2D eigenvalue weighted by Gasteiger charge is 2.42. The van der Waals surface area contributed by atoms with Crippen molar-refractivity contribution in [1.82, 2.24) is 19.4 Å². The van der Waals surface area contributed by atoms with Crippen molar-refractivity contribution in [3.05, 3.63) is 52.7 Å². The van der Waals surface area contributed by atoms with E-state index in [0.29, 0.717) is 28.6 Å². The van der Waals surface area contributed by atoms with Gasteiger partial charge in [0.15, 0.2) is 0 Å². The van der Waals surface area contributed by atoms with E-state index in [1.807, 2.05) is 10.6 Å². The van der Waals surface area contributed by atoms with E-state index < -0.39 is 23.6 Å². The van der Waals surface area contributed by atoms with Crippen LogP contribution in [0.4, 0.5) is 23.4 Å². The second kappa shape index (κ2) is 7.43. The number of carbonyl (C=O) groups is 1. The van der Waals surface area contributed by atoms with Crippen LogP contribution < -0.4 is 5.32 Å². The first-order valence-electron chi connectivity index (χ1n) is 10.8. The lowest BCUT2D eigenvalue weighted by Gasteiger charge is -2.34. The second-order valence-corrected chi connectivity index (χ2v) is 8.87. The lowest BCUT2D eigenvalue weighted by Crippen LogP contribution is -2.40. The second-order valence-electron chi connectivity index (χ2n) is 8.87. The van der Waals surface area contributed by atoms with Crippen LogP contribution in [0.15, 0.2) is 24.3 Å². The number of nitrogens with one attached hydrogen (secondary N) is 1. The zero-order valence-electron chi connectivity index (χ0n) is 18.4. The third kappa shape index (κ3) is 3.61. The Hall–Kier alpha value is -3.17. The topological polar surface area (TPSA) is 63.1 Å². The summed E-state index contributed by atoms with van der Waals surface area (Å²) in [7, 11) is 1.81. The van der Waals surface area contributed by atoms with Gasteiger partial charge in [0, 0.05) is 18.3 Å². The highest BCUT2D eigenvalue weighted by molar-refractivity contribution is 5.91. The Kier molecular flexibility index (Phi) is 4.88. The van der Waals surface area contributed by atoms with Crippen molar-refractivity contribution in [2.24, 2.45) is 5.92 Å². The number of anilines is 1. The molecule has 2 atom stereocenters. The molecule has 0 radical (unpaired) electrons. The first-order chi connectivity index (χ1) is 15.6. The average Bonchev–Trinajstić information content (AvgIpc) is 3.50. The van der Waals surface area contributed by atoms with Crippen LogP contribution in [0.2, 0.25) is 0 Å². The summed E-state index contributed by atoms with van der Waals surface area (Å²) in [6.45, 7) is 3.45. The molecule has 3 aromatic rings. The van der Waals surface area contributed by atoms with Crippen LogP contribution in [0.1, 0.15) is 54.5 Å². The number of halogens is 4. The summed E-state index contributed by atoms with van der Waals surface area (Å²) in [6, 6.07) is 4.36. The number of hydrogen-bond acceptors (Lipinski definition) is 4. The van der Waals surface area contributed by atoms with Crippen LogP contribution in [0, 0.1) is 18.7 Å². The number of carbonyl (C=O) groups excluding carboxylic acids is 1. The van der Waals surface area contributed by atoms with Crippen LogP contribution in [-0.2, 0) is 17.5 Å². The van der Waals surface area contributed by atoms with Crippen molar-refractivity contribution in [2.75, 3.05) is 12.4 Å². The number of amides is 1. The van der Waals surface area contributed by atoms with Crippen LogP contribution in [-0.4, -0.2) is 32.4 Å². The molecule has 0 saturated heterocycles. The monoisotopic (exact) mass is 461 g/mol. The number of nitrogens with zero attached hydrogens (tertiary/aromatic N) is 4. The van der Waals surface area contributed by atoms with Gasteiger partial charge in [0.1, 0.15) is 29.7 Å². The van der Waals surface area contributed by atoms with Gasteiger partial charge in [-0.25, -0.2) is 14.4 Å². The van der Waals surface area contributed by atoms with Crippen molar-refractivity contribution < 1.29 is 22.4 Å². The highest BCUT2D eigenvalue weighted by Crippen LogP contribution is 2.47. The molecule has 1 aromatic carbocycles. The van der Waals surface area contributed by atoms with E-state index in [4.69, 9.17) is 0 Å². The number of aryl methyl sites for hydroxylation is 1. The fourth-order valence-corrected chi connectivity index (χ4v) is 4.73. The minimum Gasteiger partial charge on any atom is -0.363 e. The molecule has 1 amide bonds. The molecule has 0 spiro atoms. The summed E-state index contributed by atoms with van der Waals surface area (Å²) in [6.07, 6.45) is -2.69. The van der Waals surface area contributed by atoms with Gasteiger partial charge in [0.25, 0.3) is 0 Å². The Bertz CT molecular complexity index is 1260. The van der Waals surface area contributed by atoms with Crippen molar-refractivity contribution >= 4 is 22.8 Å². The number of alkyl halides is 3. The van der Waals surface area contributed by atoms with Crippen LogP contribution in [0.3, 0.4) is 0 Å². The van der Waals surface area contributed by atoms with Crippen molar-refractivity contribution in [3.8, 4) is 0 Å². The van der Waals surface area contributed by atoms with E-state index in [2.05, 4.69) is 15.3 Å². The molecule has 33 heavy (non-hydrogen) atoms. The van der Waals surface area contributed by atoms with Gasteiger partial charge in [-0.3, -0.25) is 4.79 Å². The molecule has 174 valence electrons. The van der Waals surface area contributed by atoms with Crippen LogP contribution in [0.25, 0.3) is 11.0 Å². The minimum absolute atomic E-state index is 0.00193. The van der Waals surface area contributed by atoms with E-state index in [-0.39, 0.29) is 24.1 Å². The SMILES string of the molecule is Cc1nc(N[C@H](C)c2cccc(C(F)(F)F)c2F)c2cc3n(c2n1)CC(=O)N(C)C3C1CC1. The summed E-state index contributed by atoms with van der Waals surface area (Å²) in [5.74, 6) is -0.0671. The van der Waals surface area contributed by atoms with Gasteiger partial charge in [-0.05, 0) is 44.7 Å². The fourth-order valence-electron chi connectivity index (χ4n) is 4.73. The molecule has 2 aromatic heterocycles. The molecule has 2 aliphatic rings. The molecule has 0 bridgehead atoms. The van der Waals surface area contributed by atoms with Gasteiger partial charge < -0.3 is 14.8 Å². The predicted molar refractivity (Wildman–Crippen MR) is 114 cm³/mol. The largest absolute Gasteiger partial charge is 0.419 e. The quantitative estimate of drug-likeness (QED) is 0.556. The molecule has 1 saturated carbocycles.